The van der Waals surface area contributed by atoms with Gasteiger partial charge in [0.15, 0.2) is 0 Å². The fourth-order valence-corrected chi connectivity index (χ4v) is 3.83. The van der Waals surface area contributed by atoms with Crippen LogP contribution in [0.5, 0.6) is 0 Å². The Labute approximate surface area is 261 Å². The Balaban J connectivity index is -0.000000667. The van der Waals surface area contributed by atoms with Gasteiger partial charge >= 0.3 is 31.4 Å². The number of carbonyl (C=O) groups is 4. The third-order valence-corrected chi connectivity index (χ3v) is 5.69. The Morgan fingerprint density at radius 2 is 0.977 bits per heavy atom. The van der Waals surface area contributed by atoms with Crippen LogP contribution in [0, 0.1) is 0 Å². The predicted molar refractivity (Wildman–Crippen MR) is 148 cm³/mol. The zero-order valence-electron chi connectivity index (χ0n) is 24.0. The molecule has 15 heteroatoms. The van der Waals surface area contributed by atoms with Crippen molar-refractivity contribution in [3.05, 3.63) is 94.5 Å². The molecular weight excluding hydrogens is 622 g/mol. The van der Waals surface area contributed by atoms with Crippen molar-refractivity contribution in [1.29, 1.82) is 0 Å². The average molecular weight is 660 g/mol. The number of esters is 2. The van der Waals surface area contributed by atoms with E-state index in [9.17, 15) is 29.4 Å². The molecule has 2 aliphatic heterocycles. The second kappa shape index (κ2) is 20.7. The van der Waals surface area contributed by atoms with Gasteiger partial charge in [0, 0.05) is 13.1 Å². The third-order valence-electron chi connectivity index (χ3n) is 5.69. The van der Waals surface area contributed by atoms with Gasteiger partial charge in [0.25, 0.3) is 0 Å². The van der Waals surface area contributed by atoms with E-state index >= 15 is 0 Å². The van der Waals surface area contributed by atoms with Gasteiger partial charge in [0.1, 0.15) is 0 Å². The molecule has 14 nitrogen and oxygen atoms in total. The zero-order chi connectivity index (χ0) is 27.7. The molecule has 0 fully saturated rings. The number of carbonyl (C=O) groups excluding carboxylic acids is 4. The summed E-state index contributed by atoms with van der Waals surface area (Å²) in [6.45, 7) is 4.34. The van der Waals surface area contributed by atoms with Crippen LogP contribution in [0.4, 0.5) is 0 Å². The molecule has 4 rings (SSSR count). The summed E-state index contributed by atoms with van der Waals surface area (Å²) in [6, 6.07) is 18.6. The molecule has 0 aromatic heterocycles. The molecule has 0 aliphatic carbocycles. The minimum absolute atomic E-state index is 0. The largest absolute Gasteiger partial charge is 2.00 e. The van der Waals surface area contributed by atoms with Crippen molar-refractivity contribution in [2.24, 2.45) is 0 Å². The minimum Gasteiger partial charge on any atom is -0.868 e. The predicted octanol–water partition coefficient (Wildman–Crippen LogP) is -3.08. The molecule has 0 unspecified atom stereocenters. The number of benzene rings is 2. The average Bonchev–Trinajstić information content (AvgIpc) is 3.36. The molecule has 2 aromatic rings. The summed E-state index contributed by atoms with van der Waals surface area (Å²) in [5.41, 5.74) is 1.66. The molecule has 0 radical (unpaired) electrons. The fraction of sp³-hybridized carbons (Fsp3) is 0.286. The van der Waals surface area contributed by atoms with E-state index in [0.717, 1.165) is 11.1 Å². The Morgan fingerprint density at radius 3 is 1.26 bits per heavy atom. The molecule has 2 aromatic carbocycles. The van der Waals surface area contributed by atoms with Crippen LogP contribution in [0.2, 0.25) is 0 Å². The molecule has 0 atom stereocenters. The van der Waals surface area contributed by atoms with Crippen molar-refractivity contribution in [2.45, 2.75) is 26.9 Å². The van der Waals surface area contributed by atoms with E-state index in [0.29, 0.717) is 13.1 Å². The zero-order valence-corrected chi connectivity index (χ0v) is 27.0. The number of hydrogen-bond acceptors (Lipinski definition) is 8. The second-order valence-electron chi connectivity index (χ2n) is 8.35. The van der Waals surface area contributed by atoms with Gasteiger partial charge in [-0.15, -0.1) is 0 Å². The first kappa shape index (κ1) is 43.3. The first-order valence-electron chi connectivity index (χ1n) is 12.1. The number of rotatable bonds is 8. The van der Waals surface area contributed by atoms with Crippen LogP contribution < -0.4 is 10.2 Å². The van der Waals surface area contributed by atoms with E-state index in [1.165, 1.54) is 9.80 Å². The molecule has 0 saturated heterocycles. The Bertz CT molecular complexity index is 1160. The summed E-state index contributed by atoms with van der Waals surface area (Å²) in [4.78, 5) is 49.3. The summed E-state index contributed by atoms with van der Waals surface area (Å²) in [5.74, 6) is -4.20. The van der Waals surface area contributed by atoms with Crippen LogP contribution in [0.15, 0.2) is 83.3 Å². The van der Waals surface area contributed by atoms with Gasteiger partial charge < -0.3 is 51.4 Å². The Hall–Kier alpha value is -4.14. The fourth-order valence-electron chi connectivity index (χ4n) is 3.83. The Kier molecular flexibility index (Phi) is 20.8. The molecular formula is C28H38N2O12Zn+2. The summed E-state index contributed by atoms with van der Waals surface area (Å²) in [6.07, 6.45) is 0. The van der Waals surface area contributed by atoms with Gasteiger partial charge in [-0.1, -0.05) is 60.7 Å². The monoisotopic (exact) mass is 658 g/mol. The van der Waals surface area contributed by atoms with Crippen molar-refractivity contribution in [2.75, 3.05) is 26.3 Å². The van der Waals surface area contributed by atoms with E-state index in [1.807, 2.05) is 60.7 Å². The molecule has 2 amide bonds. The van der Waals surface area contributed by atoms with Crippen LogP contribution >= 0.6 is 0 Å². The van der Waals surface area contributed by atoms with Crippen molar-refractivity contribution in [3.8, 4) is 0 Å². The molecule has 0 saturated carbocycles. The van der Waals surface area contributed by atoms with Gasteiger partial charge in [-0.25, -0.2) is 9.59 Å². The number of amides is 2. The molecule has 0 spiro atoms. The van der Waals surface area contributed by atoms with Gasteiger partial charge in [-0.2, -0.15) is 0 Å². The van der Waals surface area contributed by atoms with Crippen molar-refractivity contribution >= 4 is 23.8 Å². The van der Waals surface area contributed by atoms with E-state index in [4.69, 9.17) is 9.47 Å². The van der Waals surface area contributed by atoms with Gasteiger partial charge in [-0.05, 0) is 36.5 Å². The normalized spacial score (nSPS) is 13.3. The number of ether oxygens (including phenoxy) is 2. The third kappa shape index (κ3) is 11.2. The van der Waals surface area contributed by atoms with Gasteiger partial charge in [-0.3, -0.25) is 9.59 Å². The SMILES string of the molecule is CCOC(=O)C1=C([O-])C(=O)N(Cc2ccccc2)C1.CCOC(=O)C1=C([O-])C(=O)N(Cc2ccccc2)C1.O.O.[OH3+].[OH3+].[Zn+2]. The molecule has 10 N–H and O–H groups in total. The first-order chi connectivity index (χ1) is 18.3. The Morgan fingerprint density at radius 1 is 0.674 bits per heavy atom. The standard InChI is InChI=1S/2C14H15NO4.4H2O.Zn/c2*1-2-19-14(18)11-9-15(13(17)12(11)16)8-10-6-4-3-5-7-10;;;;;/h2*3-7,16H,2,8-9H2,1H3;4*1H2;/q;;;;;;+2. The van der Waals surface area contributed by atoms with Gasteiger partial charge in [0.2, 0.25) is 11.8 Å². The smallest absolute Gasteiger partial charge is 0.868 e. The summed E-state index contributed by atoms with van der Waals surface area (Å²) in [5, 5.41) is 23.4. The van der Waals surface area contributed by atoms with Crippen molar-refractivity contribution < 1.29 is 80.2 Å². The number of hydrogen-bond donors (Lipinski definition) is 0. The van der Waals surface area contributed by atoms with E-state index < -0.39 is 35.3 Å². The van der Waals surface area contributed by atoms with E-state index in [2.05, 4.69) is 0 Å². The minimum atomic E-state index is -0.755. The van der Waals surface area contributed by atoms with Crippen LogP contribution in [-0.4, -0.2) is 70.8 Å². The van der Waals surface area contributed by atoms with E-state index in [-0.39, 0.29) is 78.8 Å². The van der Waals surface area contributed by atoms with Crippen molar-refractivity contribution in [3.63, 3.8) is 0 Å². The molecule has 2 aliphatic rings. The first-order valence-corrected chi connectivity index (χ1v) is 12.1. The second-order valence-corrected chi connectivity index (χ2v) is 8.35. The molecule has 0 bridgehead atoms. The summed E-state index contributed by atoms with van der Waals surface area (Å²) >= 11 is 0. The van der Waals surface area contributed by atoms with Crippen LogP contribution in [0.3, 0.4) is 0 Å². The van der Waals surface area contributed by atoms with Crippen LogP contribution in [0.1, 0.15) is 25.0 Å². The van der Waals surface area contributed by atoms with Gasteiger partial charge in [0.05, 0.1) is 37.4 Å². The molecule has 2 heterocycles. The summed E-state index contributed by atoms with van der Waals surface area (Å²) in [7, 11) is 0. The maximum absolute atomic E-state index is 11.8. The quantitative estimate of drug-likeness (QED) is 0.159. The van der Waals surface area contributed by atoms with E-state index in [1.54, 1.807) is 13.8 Å². The molecule has 232 valence electrons. The maximum atomic E-state index is 11.8. The maximum Gasteiger partial charge on any atom is 2.00 e. The number of nitrogens with zero attached hydrogens (tertiary/aromatic N) is 2. The summed E-state index contributed by atoms with van der Waals surface area (Å²) < 4.78 is 9.53. The molecule has 43 heavy (non-hydrogen) atoms. The van der Waals surface area contributed by atoms with Crippen LogP contribution in [0.25, 0.3) is 0 Å². The van der Waals surface area contributed by atoms with Crippen LogP contribution in [-0.2, 0) is 72.2 Å². The van der Waals surface area contributed by atoms with Crippen molar-refractivity contribution in [1.82, 2.24) is 9.80 Å². The topological polar surface area (TPSA) is 268 Å².